The molecule has 1 N–H and O–H groups in total. The van der Waals surface area contributed by atoms with Gasteiger partial charge in [-0.1, -0.05) is 73.3 Å². The molecule has 1 aromatic heterocycles. The first-order valence-electron chi connectivity index (χ1n) is 11.3. The molecule has 2 aromatic carbocycles. The quantitative estimate of drug-likeness (QED) is 0.538. The summed E-state index contributed by atoms with van der Waals surface area (Å²) in [5, 5.41) is 3.77. The van der Waals surface area contributed by atoms with Crippen LogP contribution in [0.25, 0.3) is 0 Å². The van der Waals surface area contributed by atoms with Gasteiger partial charge < -0.3 is 10.2 Å². The van der Waals surface area contributed by atoms with Crippen LogP contribution in [0.1, 0.15) is 59.8 Å². The predicted octanol–water partition coefficient (Wildman–Crippen LogP) is 4.96. The zero-order chi connectivity index (χ0) is 23.0. The Bertz CT molecular complexity index is 1050. The zero-order valence-corrected chi connectivity index (χ0v) is 19.1. The molecule has 0 aliphatic heterocycles. The van der Waals surface area contributed by atoms with Gasteiger partial charge in [0.25, 0.3) is 5.91 Å². The summed E-state index contributed by atoms with van der Waals surface area (Å²) in [5.74, 6) is -0.553. The minimum absolute atomic E-state index is 0.117. The van der Waals surface area contributed by atoms with E-state index in [4.69, 9.17) is 11.6 Å². The van der Waals surface area contributed by atoms with Crippen molar-refractivity contribution in [3.8, 4) is 0 Å². The number of carbonyl (C=O) groups excluding carboxylic acids is 2. The number of nitrogens with one attached hydrogen (secondary N) is 1. The van der Waals surface area contributed by atoms with Gasteiger partial charge >= 0.3 is 0 Å². The van der Waals surface area contributed by atoms with Gasteiger partial charge in [-0.25, -0.2) is 4.98 Å². The molecule has 0 bridgehead atoms. The molecule has 1 aliphatic carbocycles. The van der Waals surface area contributed by atoms with Crippen molar-refractivity contribution in [2.75, 3.05) is 0 Å². The Kier molecular flexibility index (Phi) is 7.68. The van der Waals surface area contributed by atoms with E-state index in [1.165, 1.54) is 25.0 Å². The number of carbonyl (C=O) groups is 2. The van der Waals surface area contributed by atoms with Crippen LogP contribution in [0.15, 0.2) is 73.2 Å². The predicted molar refractivity (Wildman–Crippen MR) is 128 cm³/mol. The number of halogens is 1. The fraction of sp³-hybridized carbons (Fsp3) is 0.308. The first-order valence-corrected chi connectivity index (χ1v) is 11.7. The lowest BCUT2D eigenvalue weighted by Gasteiger charge is -2.33. The second-order valence-electron chi connectivity index (χ2n) is 8.31. The van der Waals surface area contributed by atoms with Gasteiger partial charge in [0.15, 0.2) is 0 Å². The molecule has 1 fully saturated rings. The van der Waals surface area contributed by atoms with E-state index in [0.717, 1.165) is 31.2 Å². The fourth-order valence-electron chi connectivity index (χ4n) is 4.26. The summed E-state index contributed by atoms with van der Waals surface area (Å²) in [7, 11) is 0. The maximum absolute atomic E-state index is 13.7. The molecule has 33 heavy (non-hydrogen) atoms. The van der Waals surface area contributed by atoms with Crippen LogP contribution in [0.5, 0.6) is 0 Å². The molecular formula is C26H27ClN4O2. The number of hydrogen-bond donors (Lipinski definition) is 1. The van der Waals surface area contributed by atoms with Crippen molar-refractivity contribution in [2.45, 2.75) is 50.7 Å². The molecule has 0 saturated heterocycles. The average Bonchev–Trinajstić information content (AvgIpc) is 2.86. The minimum atomic E-state index is -0.834. The Morgan fingerprint density at radius 3 is 2.39 bits per heavy atom. The van der Waals surface area contributed by atoms with Gasteiger partial charge in [0.05, 0.1) is 6.20 Å². The van der Waals surface area contributed by atoms with Crippen LogP contribution in [0.4, 0.5) is 0 Å². The van der Waals surface area contributed by atoms with E-state index in [9.17, 15) is 9.59 Å². The third-order valence-corrected chi connectivity index (χ3v) is 6.19. The largest absolute Gasteiger partial charge is 0.351 e. The molecule has 1 unspecified atom stereocenters. The van der Waals surface area contributed by atoms with Crippen LogP contribution in [0.2, 0.25) is 5.02 Å². The highest BCUT2D eigenvalue weighted by Crippen LogP contribution is 2.28. The van der Waals surface area contributed by atoms with Crippen molar-refractivity contribution in [3.63, 3.8) is 0 Å². The van der Waals surface area contributed by atoms with Crippen LogP contribution in [0.3, 0.4) is 0 Å². The summed E-state index contributed by atoms with van der Waals surface area (Å²) in [5.41, 5.74) is 1.80. The van der Waals surface area contributed by atoms with E-state index in [-0.39, 0.29) is 30.1 Å². The lowest BCUT2D eigenvalue weighted by molar-refractivity contribution is -0.127. The topological polar surface area (TPSA) is 75.2 Å². The SMILES string of the molecule is O=C(NC1CCCCC1)C(c1ccc(Cl)cc1)N(Cc1ccccc1)C(=O)c1cnccn1. The highest BCUT2D eigenvalue weighted by Gasteiger charge is 2.34. The molecule has 1 aliphatic rings. The van der Waals surface area contributed by atoms with E-state index in [1.807, 2.05) is 30.3 Å². The highest BCUT2D eigenvalue weighted by atomic mass is 35.5. The lowest BCUT2D eigenvalue weighted by Crippen LogP contribution is -2.47. The molecule has 6 nitrogen and oxygen atoms in total. The van der Waals surface area contributed by atoms with Gasteiger partial charge in [-0.15, -0.1) is 0 Å². The molecule has 2 amide bonds. The summed E-state index contributed by atoms with van der Waals surface area (Å²) < 4.78 is 0. The van der Waals surface area contributed by atoms with Gasteiger partial charge in [0.2, 0.25) is 5.91 Å². The monoisotopic (exact) mass is 462 g/mol. The van der Waals surface area contributed by atoms with E-state index < -0.39 is 6.04 Å². The summed E-state index contributed by atoms with van der Waals surface area (Å²) in [6.07, 6.45) is 9.73. The second kappa shape index (κ2) is 11.1. The number of aromatic nitrogens is 2. The van der Waals surface area contributed by atoms with E-state index >= 15 is 0 Å². The zero-order valence-electron chi connectivity index (χ0n) is 18.4. The van der Waals surface area contributed by atoms with Gasteiger partial charge in [0, 0.05) is 30.0 Å². The highest BCUT2D eigenvalue weighted by molar-refractivity contribution is 6.30. The Morgan fingerprint density at radius 1 is 1.00 bits per heavy atom. The third kappa shape index (κ3) is 5.96. The maximum atomic E-state index is 13.7. The van der Waals surface area contributed by atoms with Crippen LogP contribution in [-0.4, -0.2) is 32.7 Å². The van der Waals surface area contributed by atoms with Crippen molar-refractivity contribution < 1.29 is 9.59 Å². The van der Waals surface area contributed by atoms with Gasteiger partial charge in [-0.05, 0) is 36.1 Å². The standard InChI is InChI=1S/C26H27ClN4O2/c27-21-13-11-20(12-14-21)24(25(32)30-22-9-5-2-6-10-22)31(18-19-7-3-1-4-8-19)26(33)23-17-28-15-16-29-23/h1,3-4,7-8,11-17,22,24H,2,5-6,9-10,18H2,(H,30,32). The minimum Gasteiger partial charge on any atom is -0.351 e. The first kappa shape index (κ1) is 22.9. The van der Waals surface area contributed by atoms with Crippen molar-refractivity contribution in [2.24, 2.45) is 0 Å². The van der Waals surface area contributed by atoms with Crippen LogP contribution >= 0.6 is 11.6 Å². The van der Waals surface area contributed by atoms with Crippen molar-refractivity contribution in [1.29, 1.82) is 0 Å². The molecule has 0 spiro atoms. The van der Waals surface area contributed by atoms with Crippen LogP contribution in [-0.2, 0) is 11.3 Å². The van der Waals surface area contributed by atoms with Gasteiger partial charge in [0.1, 0.15) is 11.7 Å². The molecule has 4 rings (SSSR count). The third-order valence-electron chi connectivity index (χ3n) is 5.94. The number of nitrogens with zero attached hydrogens (tertiary/aromatic N) is 3. The smallest absolute Gasteiger partial charge is 0.275 e. The van der Waals surface area contributed by atoms with Gasteiger partial charge in [-0.2, -0.15) is 0 Å². The summed E-state index contributed by atoms with van der Waals surface area (Å²) in [4.78, 5) is 37.2. The van der Waals surface area contributed by atoms with Crippen LogP contribution in [0, 0.1) is 0 Å². The second-order valence-corrected chi connectivity index (χ2v) is 8.74. The summed E-state index contributed by atoms with van der Waals surface area (Å²) in [6, 6.07) is 16.0. The maximum Gasteiger partial charge on any atom is 0.275 e. The van der Waals surface area contributed by atoms with E-state index in [0.29, 0.717) is 10.6 Å². The summed E-state index contributed by atoms with van der Waals surface area (Å²) >= 11 is 6.12. The van der Waals surface area contributed by atoms with Crippen molar-refractivity contribution in [1.82, 2.24) is 20.2 Å². The Morgan fingerprint density at radius 2 is 1.73 bits per heavy atom. The number of benzene rings is 2. The first-order chi connectivity index (χ1) is 16.1. The van der Waals surface area contributed by atoms with E-state index in [1.54, 1.807) is 29.2 Å². The Labute approximate surface area is 199 Å². The van der Waals surface area contributed by atoms with E-state index in [2.05, 4.69) is 15.3 Å². The fourth-order valence-corrected chi connectivity index (χ4v) is 4.39. The van der Waals surface area contributed by atoms with Crippen molar-refractivity contribution >= 4 is 23.4 Å². The number of hydrogen-bond acceptors (Lipinski definition) is 4. The van der Waals surface area contributed by atoms with Gasteiger partial charge in [-0.3, -0.25) is 14.6 Å². The summed E-state index contributed by atoms with van der Waals surface area (Å²) in [6.45, 7) is 0.252. The molecule has 1 heterocycles. The van der Waals surface area contributed by atoms with Crippen LogP contribution < -0.4 is 5.32 Å². The normalized spacial score (nSPS) is 14.9. The number of amides is 2. The molecule has 3 aromatic rings. The van der Waals surface area contributed by atoms with Crippen molar-refractivity contribution in [3.05, 3.63) is 95.0 Å². The molecule has 1 atom stereocenters. The molecule has 0 radical (unpaired) electrons. The lowest BCUT2D eigenvalue weighted by atomic mass is 9.94. The molecular weight excluding hydrogens is 436 g/mol. The molecule has 1 saturated carbocycles. The molecule has 170 valence electrons. The number of rotatable bonds is 7. The average molecular weight is 463 g/mol. The Balaban J connectivity index is 1.72. The Hall–Kier alpha value is -3.25. The molecule has 7 heteroatoms.